The Kier molecular flexibility index (Phi) is 7.34. The molecular weight excluding hydrogens is 791 g/mol. The summed E-state index contributed by atoms with van der Waals surface area (Å²) >= 11 is 0. The first kappa shape index (κ1) is 32.5. The SMILES string of the molecule is [2H]c1c([2H])c([2H])c2c(c1[2H])c1ccccc1n2-c1ccc2c(c1)c1cc(-n3c4ccccc4c4ccccc43)ccc1n2-c1cccc([Si](c2ccccc2)(c2ccccc2)c2ccccc2)c1. The monoisotopic (exact) mass is 835 g/mol. The van der Waals surface area contributed by atoms with Gasteiger partial charge in [-0.15, -0.1) is 0 Å². The molecule has 0 aliphatic carbocycles. The second kappa shape index (κ2) is 14.5. The van der Waals surface area contributed by atoms with Crippen LogP contribution in [0.15, 0.2) is 249 Å². The normalized spacial score (nSPS) is 12.9. The number of benzene rings is 10. The summed E-state index contributed by atoms with van der Waals surface area (Å²) < 4.78 is 42.4. The highest BCUT2D eigenvalue weighted by Gasteiger charge is 2.41. The second-order valence-electron chi connectivity index (χ2n) is 16.6. The highest BCUT2D eigenvalue weighted by Crippen LogP contribution is 2.39. The minimum Gasteiger partial charge on any atom is -0.309 e. The standard InChI is InChI=1S/C60H41N3Si/c1-4-20-45(21-5-1)64(46-22-6-2-7-23-46,47-24-8-3-9-25-47)48-26-18-19-42(39-48)61-59-37-35-43(62-55-31-14-10-27-49(55)50-28-11-15-32-56(50)62)40-53(59)54-41-44(36-38-60(54)61)63-57-33-16-12-29-51(57)52-30-13-17-34-58(52)63/h1-41H/i10D,14D,27D,31D. The Hall–Kier alpha value is -8.18. The van der Waals surface area contributed by atoms with E-state index in [1.165, 1.54) is 31.5 Å². The van der Waals surface area contributed by atoms with Crippen molar-refractivity contribution in [3.8, 4) is 17.1 Å². The van der Waals surface area contributed by atoms with Gasteiger partial charge in [0.1, 0.15) is 0 Å². The van der Waals surface area contributed by atoms with Crippen molar-refractivity contribution >= 4 is 94.2 Å². The van der Waals surface area contributed by atoms with E-state index in [0.29, 0.717) is 10.9 Å². The highest BCUT2D eigenvalue weighted by molar-refractivity contribution is 7.19. The first-order valence-corrected chi connectivity index (χ1v) is 23.8. The molecule has 0 amide bonds. The predicted octanol–water partition coefficient (Wildman–Crippen LogP) is 12.4. The Balaban J connectivity index is 1.12. The number of hydrogen-bond donors (Lipinski definition) is 0. The van der Waals surface area contributed by atoms with E-state index in [2.05, 4.69) is 209 Å². The molecule has 3 nitrogen and oxygen atoms in total. The van der Waals surface area contributed by atoms with Crippen molar-refractivity contribution in [1.29, 1.82) is 0 Å². The van der Waals surface area contributed by atoms with Crippen molar-refractivity contribution in [1.82, 2.24) is 13.7 Å². The Morgan fingerprint density at radius 1 is 0.266 bits per heavy atom. The third-order valence-electron chi connectivity index (χ3n) is 13.3. The fourth-order valence-corrected chi connectivity index (χ4v) is 15.4. The van der Waals surface area contributed by atoms with Gasteiger partial charge in [-0.05, 0) is 93.5 Å². The molecule has 0 N–H and O–H groups in total. The molecule has 13 rings (SSSR count). The van der Waals surface area contributed by atoms with Gasteiger partial charge in [0.15, 0.2) is 8.07 Å². The van der Waals surface area contributed by atoms with Crippen molar-refractivity contribution in [2.75, 3.05) is 0 Å². The summed E-state index contributed by atoms with van der Waals surface area (Å²) in [5.41, 5.74) is 8.52. The number of rotatable bonds is 7. The first-order chi connectivity index (χ1) is 33.4. The number of nitrogens with zero attached hydrogens (tertiary/aromatic N) is 3. The average Bonchev–Trinajstić information content (AvgIpc) is 4.04. The van der Waals surface area contributed by atoms with Gasteiger partial charge in [-0.25, -0.2) is 0 Å². The van der Waals surface area contributed by atoms with E-state index in [1.807, 2.05) is 28.8 Å². The van der Waals surface area contributed by atoms with E-state index in [1.54, 1.807) is 0 Å². The molecule has 0 atom stereocenters. The number of aromatic nitrogens is 3. The topological polar surface area (TPSA) is 14.8 Å². The van der Waals surface area contributed by atoms with Crippen LogP contribution in [0.5, 0.6) is 0 Å². The maximum Gasteiger partial charge on any atom is 0.179 e. The number of hydrogen-bond acceptors (Lipinski definition) is 0. The van der Waals surface area contributed by atoms with Crippen molar-refractivity contribution in [2.45, 2.75) is 0 Å². The zero-order valence-electron chi connectivity index (χ0n) is 38.7. The van der Waals surface area contributed by atoms with Crippen LogP contribution in [0.3, 0.4) is 0 Å². The van der Waals surface area contributed by atoms with Gasteiger partial charge < -0.3 is 13.7 Å². The summed E-state index contributed by atoms with van der Waals surface area (Å²) in [5, 5.41) is 11.0. The molecule has 0 radical (unpaired) electrons. The lowest BCUT2D eigenvalue weighted by atomic mass is 10.1. The molecule has 0 spiro atoms. The Morgan fingerprint density at radius 2 is 0.641 bits per heavy atom. The lowest BCUT2D eigenvalue weighted by molar-refractivity contribution is 1.16. The summed E-state index contributed by atoms with van der Waals surface area (Å²) in [6, 6.07) is 80.0. The molecule has 0 saturated carbocycles. The molecule has 4 heteroatoms. The fourth-order valence-electron chi connectivity index (χ4n) is 10.6. The quantitative estimate of drug-likeness (QED) is 0.112. The summed E-state index contributed by atoms with van der Waals surface area (Å²) in [6.45, 7) is 0. The zero-order valence-corrected chi connectivity index (χ0v) is 35.7. The Labute approximate surface area is 377 Å². The van der Waals surface area contributed by atoms with Crippen LogP contribution in [0.1, 0.15) is 5.48 Å². The molecule has 0 aliphatic rings. The lowest BCUT2D eigenvalue weighted by Crippen LogP contribution is -2.74. The van der Waals surface area contributed by atoms with Gasteiger partial charge in [0.25, 0.3) is 0 Å². The molecule has 0 unspecified atom stereocenters. The third-order valence-corrected chi connectivity index (χ3v) is 18.1. The largest absolute Gasteiger partial charge is 0.309 e. The maximum absolute atomic E-state index is 9.24. The summed E-state index contributed by atoms with van der Waals surface area (Å²) in [5.74, 6) is 0. The van der Waals surface area contributed by atoms with Crippen LogP contribution in [-0.4, -0.2) is 21.8 Å². The van der Waals surface area contributed by atoms with Crippen molar-refractivity contribution in [3.05, 3.63) is 249 Å². The minimum atomic E-state index is -2.87. The zero-order chi connectivity index (χ0) is 45.7. The number of para-hydroxylation sites is 4. The summed E-state index contributed by atoms with van der Waals surface area (Å²) in [7, 11) is -2.87. The van der Waals surface area contributed by atoms with Gasteiger partial charge in [-0.3, -0.25) is 0 Å². The van der Waals surface area contributed by atoms with E-state index in [9.17, 15) is 1.37 Å². The van der Waals surface area contributed by atoms with Gasteiger partial charge in [0.05, 0.1) is 38.6 Å². The average molecular weight is 836 g/mol. The van der Waals surface area contributed by atoms with E-state index in [0.717, 1.165) is 60.8 Å². The van der Waals surface area contributed by atoms with Crippen LogP contribution in [-0.2, 0) is 0 Å². The Morgan fingerprint density at radius 3 is 1.14 bits per heavy atom. The molecular formula is C60H41N3Si. The highest BCUT2D eigenvalue weighted by atomic mass is 28.3. The maximum atomic E-state index is 9.24. The molecule has 13 aromatic rings. The third kappa shape index (κ3) is 5.33. The van der Waals surface area contributed by atoms with Crippen molar-refractivity contribution < 1.29 is 5.48 Å². The first-order valence-electron chi connectivity index (χ1n) is 23.8. The van der Waals surface area contributed by atoms with Crippen molar-refractivity contribution in [3.63, 3.8) is 0 Å². The van der Waals surface area contributed by atoms with Crippen LogP contribution in [0.2, 0.25) is 0 Å². The smallest absolute Gasteiger partial charge is 0.179 e. The molecule has 0 aliphatic heterocycles. The summed E-state index contributed by atoms with van der Waals surface area (Å²) in [4.78, 5) is 0. The Bertz CT molecular complexity index is 3990. The van der Waals surface area contributed by atoms with Crippen LogP contribution in [0.25, 0.3) is 82.5 Å². The number of fused-ring (bicyclic) bond motifs is 9. The van der Waals surface area contributed by atoms with E-state index < -0.39 is 8.07 Å². The van der Waals surface area contributed by atoms with Gasteiger partial charge in [-0.1, -0.05) is 176 Å². The van der Waals surface area contributed by atoms with E-state index >= 15 is 0 Å². The van der Waals surface area contributed by atoms with Crippen LogP contribution < -0.4 is 20.7 Å². The molecule has 3 heterocycles. The van der Waals surface area contributed by atoms with Gasteiger partial charge >= 0.3 is 0 Å². The molecule has 0 bridgehead atoms. The van der Waals surface area contributed by atoms with E-state index in [-0.39, 0.29) is 24.2 Å². The van der Waals surface area contributed by atoms with Crippen LogP contribution in [0.4, 0.5) is 0 Å². The molecule has 0 fully saturated rings. The second-order valence-corrected chi connectivity index (χ2v) is 20.4. The minimum absolute atomic E-state index is 0.0366. The molecule has 0 saturated heterocycles. The van der Waals surface area contributed by atoms with Gasteiger partial charge in [-0.2, -0.15) is 0 Å². The van der Waals surface area contributed by atoms with Gasteiger partial charge in [0, 0.05) is 49.4 Å². The summed E-state index contributed by atoms with van der Waals surface area (Å²) in [6.07, 6.45) is 0. The molecule has 64 heavy (non-hydrogen) atoms. The van der Waals surface area contributed by atoms with Crippen molar-refractivity contribution in [2.24, 2.45) is 0 Å². The molecule has 10 aromatic carbocycles. The van der Waals surface area contributed by atoms with Gasteiger partial charge in [0.2, 0.25) is 0 Å². The van der Waals surface area contributed by atoms with Crippen LogP contribution >= 0.6 is 0 Å². The predicted molar refractivity (Wildman–Crippen MR) is 273 cm³/mol. The van der Waals surface area contributed by atoms with Crippen LogP contribution in [0, 0.1) is 0 Å². The van der Waals surface area contributed by atoms with E-state index in [4.69, 9.17) is 4.11 Å². The molecule has 3 aromatic heterocycles. The fraction of sp³-hybridized carbons (Fsp3) is 0. The lowest BCUT2D eigenvalue weighted by Gasteiger charge is -2.34. The molecule has 300 valence electrons.